The Morgan fingerprint density at radius 3 is 2.84 bits per heavy atom. The van der Waals surface area contributed by atoms with E-state index >= 15 is 0 Å². The standard InChI is InChI=1S/C19H27N3O3/c23-18(11-15-1-2-15)22-8-3-19(4-9-22)5-10-24-13-16(19)14-25-17-12-20-6-7-21-17/h6-7,12,15-16H,1-5,8-11,13-14H2/t16-/m1/s1. The van der Waals surface area contributed by atoms with E-state index in [0.29, 0.717) is 30.2 Å². The maximum absolute atomic E-state index is 12.4. The summed E-state index contributed by atoms with van der Waals surface area (Å²) in [5.74, 6) is 1.94. The quantitative estimate of drug-likeness (QED) is 0.819. The molecule has 1 amide bonds. The van der Waals surface area contributed by atoms with Crippen molar-refractivity contribution in [1.82, 2.24) is 14.9 Å². The van der Waals surface area contributed by atoms with Gasteiger partial charge >= 0.3 is 0 Å². The minimum atomic E-state index is 0.233. The monoisotopic (exact) mass is 345 g/mol. The van der Waals surface area contributed by atoms with Gasteiger partial charge in [0.15, 0.2) is 0 Å². The second-order valence-electron chi connectivity index (χ2n) is 7.77. The zero-order valence-corrected chi connectivity index (χ0v) is 14.7. The number of likely N-dealkylation sites (tertiary alicyclic amines) is 1. The fourth-order valence-electron chi connectivity index (χ4n) is 4.21. The van der Waals surface area contributed by atoms with E-state index in [1.165, 1.54) is 12.8 Å². The summed E-state index contributed by atoms with van der Waals surface area (Å²) in [6.07, 6.45) is 11.4. The summed E-state index contributed by atoms with van der Waals surface area (Å²) in [7, 11) is 0. The average molecular weight is 345 g/mol. The molecule has 136 valence electrons. The van der Waals surface area contributed by atoms with Gasteiger partial charge in [0.2, 0.25) is 11.8 Å². The molecule has 6 nitrogen and oxygen atoms in total. The van der Waals surface area contributed by atoms with Crippen molar-refractivity contribution in [3.8, 4) is 5.88 Å². The summed E-state index contributed by atoms with van der Waals surface area (Å²) in [4.78, 5) is 22.7. The molecule has 2 saturated heterocycles. The third-order valence-corrected chi connectivity index (χ3v) is 6.17. The van der Waals surface area contributed by atoms with Crippen LogP contribution in [0.25, 0.3) is 0 Å². The first kappa shape index (κ1) is 16.8. The molecule has 3 aliphatic rings. The topological polar surface area (TPSA) is 64.6 Å². The zero-order chi connectivity index (χ0) is 17.1. The van der Waals surface area contributed by atoms with Crippen LogP contribution in [0.5, 0.6) is 5.88 Å². The minimum Gasteiger partial charge on any atom is -0.476 e. The molecule has 3 heterocycles. The molecule has 25 heavy (non-hydrogen) atoms. The second kappa shape index (κ2) is 7.28. The molecule has 0 N–H and O–H groups in total. The molecule has 0 bridgehead atoms. The lowest BCUT2D eigenvalue weighted by Gasteiger charge is -2.48. The number of piperidine rings is 1. The number of carbonyl (C=O) groups excluding carboxylic acids is 1. The van der Waals surface area contributed by atoms with Crippen LogP contribution < -0.4 is 4.74 Å². The molecule has 1 spiro atoms. The van der Waals surface area contributed by atoms with Gasteiger partial charge in [-0.1, -0.05) is 0 Å². The van der Waals surface area contributed by atoms with Gasteiger partial charge in [0.05, 0.1) is 19.4 Å². The molecule has 1 atom stereocenters. The predicted octanol–water partition coefficient (Wildman–Crippen LogP) is 2.30. The Labute approximate surface area is 148 Å². The smallest absolute Gasteiger partial charge is 0.232 e. The molecule has 2 aliphatic heterocycles. The summed E-state index contributed by atoms with van der Waals surface area (Å²) < 4.78 is 11.6. The van der Waals surface area contributed by atoms with Crippen LogP contribution in [0.2, 0.25) is 0 Å². The second-order valence-corrected chi connectivity index (χ2v) is 7.77. The summed E-state index contributed by atoms with van der Waals surface area (Å²) in [6, 6.07) is 0. The number of hydrogen-bond donors (Lipinski definition) is 0. The Morgan fingerprint density at radius 2 is 2.12 bits per heavy atom. The van der Waals surface area contributed by atoms with Crippen LogP contribution in [0.4, 0.5) is 0 Å². The number of amides is 1. The molecule has 0 aromatic carbocycles. The van der Waals surface area contributed by atoms with Crippen molar-refractivity contribution in [2.24, 2.45) is 17.3 Å². The number of nitrogens with zero attached hydrogens (tertiary/aromatic N) is 3. The van der Waals surface area contributed by atoms with Gasteiger partial charge in [-0.3, -0.25) is 9.78 Å². The van der Waals surface area contributed by atoms with Gasteiger partial charge in [-0.15, -0.1) is 0 Å². The Morgan fingerprint density at radius 1 is 1.28 bits per heavy atom. The predicted molar refractivity (Wildman–Crippen MR) is 92.0 cm³/mol. The van der Waals surface area contributed by atoms with E-state index in [2.05, 4.69) is 14.9 Å². The minimum absolute atomic E-state index is 0.233. The molecular formula is C19H27N3O3. The lowest BCUT2D eigenvalue weighted by atomic mass is 9.66. The summed E-state index contributed by atoms with van der Waals surface area (Å²) in [6.45, 7) is 3.92. The number of ether oxygens (including phenoxy) is 2. The van der Waals surface area contributed by atoms with Gasteiger partial charge in [0.25, 0.3) is 0 Å². The zero-order valence-electron chi connectivity index (χ0n) is 14.7. The van der Waals surface area contributed by atoms with E-state index in [1.807, 2.05) is 0 Å². The molecule has 6 heteroatoms. The Bertz CT molecular complexity index is 583. The van der Waals surface area contributed by atoms with Gasteiger partial charge < -0.3 is 14.4 Å². The summed E-state index contributed by atoms with van der Waals surface area (Å²) >= 11 is 0. The lowest BCUT2D eigenvalue weighted by Crippen LogP contribution is -2.51. The Kier molecular flexibility index (Phi) is 4.88. The molecule has 3 fully saturated rings. The SMILES string of the molecule is O=C(CC1CC1)N1CCC2(CCOC[C@@H]2COc2cnccn2)CC1. The Hall–Kier alpha value is -1.69. The van der Waals surface area contributed by atoms with Crippen LogP contribution in [0, 0.1) is 17.3 Å². The van der Waals surface area contributed by atoms with E-state index in [9.17, 15) is 4.79 Å². The largest absolute Gasteiger partial charge is 0.476 e. The molecule has 4 rings (SSSR count). The molecule has 1 saturated carbocycles. The van der Waals surface area contributed by atoms with Crippen molar-refractivity contribution in [3.63, 3.8) is 0 Å². The number of rotatable bonds is 5. The van der Waals surface area contributed by atoms with Crippen molar-refractivity contribution in [1.29, 1.82) is 0 Å². The van der Waals surface area contributed by atoms with E-state index in [1.54, 1.807) is 18.6 Å². The van der Waals surface area contributed by atoms with Crippen LogP contribution in [-0.4, -0.2) is 53.7 Å². The molecule has 0 unspecified atom stereocenters. The van der Waals surface area contributed by atoms with Crippen molar-refractivity contribution in [2.45, 2.75) is 38.5 Å². The first-order valence-electron chi connectivity index (χ1n) is 9.49. The fourth-order valence-corrected chi connectivity index (χ4v) is 4.21. The highest BCUT2D eigenvalue weighted by Gasteiger charge is 2.44. The van der Waals surface area contributed by atoms with Crippen molar-refractivity contribution < 1.29 is 14.3 Å². The third kappa shape index (κ3) is 3.94. The third-order valence-electron chi connectivity index (χ3n) is 6.17. The van der Waals surface area contributed by atoms with Gasteiger partial charge in [0.1, 0.15) is 0 Å². The highest BCUT2D eigenvalue weighted by atomic mass is 16.5. The number of carbonyl (C=O) groups is 1. The van der Waals surface area contributed by atoms with Crippen molar-refractivity contribution in [2.75, 3.05) is 32.9 Å². The first-order valence-corrected chi connectivity index (χ1v) is 9.49. The maximum Gasteiger partial charge on any atom is 0.232 e. The van der Waals surface area contributed by atoms with Crippen LogP contribution in [0.3, 0.4) is 0 Å². The van der Waals surface area contributed by atoms with Gasteiger partial charge in [-0.2, -0.15) is 0 Å². The van der Waals surface area contributed by atoms with Gasteiger partial charge in [-0.05, 0) is 43.4 Å². The number of aromatic nitrogens is 2. The Balaban J connectivity index is 1.34. The highest BCUT2D eigenvalue weighted by Crippen LogP contribution is 2.45. The summed E-state index contributed by atoms with van der Waals surface area (Å²) in [5.41, 5.74) is 0.233. The average Bonchev–Trinajstić information content (AvgIpc) is 3.46. The van der Waals surface area contributed by atoms with E-state index < -0.39 is 0 Å². The normalized spacial score (nSPS) is 25.8. The van der Waals surface area contributed by atoms with Crippen molar-refractivity contribution >= 4 is 5.91 Å². The van der Waals surface area contributed by atoms with Crippen LogP contribution in [0.1, 0.15) is 38.5 Å². The first-order chi connectivity index (χ1) is 12.3. The van der Waals surface area contributed by atoms with Crippen molar-refractivity contribution in [3.05, 3.63) is 18.6 Å². The lowest BCUT2D eigenvalue weighted by molar-refractivity contribution is -0.138. The highest BCUT2D eigenvalue weighted by molar-refractivity contribution is 5.76. The molecule has 1 aromatic rings. The maximum atomic E-state index is 12.4. The van der Waals surface area contributed by atoms with Crippen LogP contribution in [-0.2, 0) is 9.53 Å². The number of hydrogen-bond acceptors (Lipinski definition) is 5. The molecule has 1 aliphatic carbocycles. The van der Waals surface area contributed by atoms with Crippen LogP contribution >= 0.6 is 0 Å². The molecular weight excluding hydrogens is 318 g/mol. The van der Waals surface area contributed by atoms with E-state index in [-0.39, 0.29) is 5.41 Å². The van der Waals surface area contributed by atoms with Gasteiger partial charge in [0, 0.05) is 44.4 Å². The molecule has 0 radical (unpaired) electrons. The van der Waals surface area contributed by atoms with E-state index in [0.717, 1.165) is 52.0 Å². The van der Waals surface area contributed by atoms with Gasteiger partial charge in [-0.25, -0.2) is 4.98 Å². The fraction of sp³-hybridized carbons (Fsp3) is 0.737. The van der Waals surface area contributed by atoms with Crippen LogP contribution in [0.15, 0.2) is 18.6 Å². The molecule has 1 aromatic heterocycles. The summed E-state index contributed by atoms with van der Waals surface area (Å²) in [5, 5.41) is 0. The van der Waals surface area contributed by atoms with E-state index in [4.69, 9.17) is 9.47 Å².